The number of anilines is 10. The Hall–Kier alpha value is -17.8. The minimum absolute atomic E-state index is 0.000531. The first-order valence-corrected chi connectivity index (χ1v) is 42.3. The van der Waals surface area contributed by atoms with Gasteiger partial charge in [-0.1, -0.05) is 78.9 Å². The molecule has 0 spiro atoms. The van der Waals surface area contributed by atoms with E-state index in [2.05, 4.69) is 61.0 Å². The van der Waals surface area contributed by atoms with Crippen LogP contribution in [0.4, 0.5) is 123 Å². The lowest BCUT2D eigenvalue weighted by atomic mass is 9.96. The van der Waals surface area contributed by atoms with Crippen molar-refractivity contribution in [2.75, 3.05) is 33.2 Å². The number of benzene rings is 10. The first kappa shape index (κ1) is 102. The van der Waals surface area contributed by atoms with Crippen LogP contribution < -0.4 is 50.3 Å². The van der Waals surface area contributed by atoms with Gasteiger partial charge in [-0.05, 0) is 276 Å². The van der Waals surface area contributed by atoms with Crippen LogP contribution in [0, 0.1) is 40.7 Å². The predicted octanol–water partition coefficient (Wildman–Crippen LogP) is 26.2. The summed E-state index contributed by atoms with van der Waals surface area (Å²) in [5, 5.41) is 58.7. The van der Waals surface area contributed by atoms with Gasteiger partial charge in [0.2, 0.25) is 0 Å². The second-order valence-corrected chi connectivity index (χ2v) is 30.7. The Balaban J connectivity index is 0.000000149. The van der Waals surface area contributed by atoms with Crippen LogP contribution in [-0.4, -0.2) is 118 Å². The molecular formula is C102H75F15N10O15. The van der Waals surface area contributed by atoms with Gasteiger partial charge in [0.15, 0.2) is 6.61 Å². The van der Waals surface area contributed by atoms with Gasteiger partial charge in [-0.15, -0.1) is 13.2 Å². The maximum absolute atomic E-state index is 14.7. The number of nitrogens with one attached hydrogen (secondary N) is 5. The molecule has 2 aliphatic carbocycles. The molecule has 5 aromatic heterocycles. The third kappa shape index (κ3) is 28.0. The van der Waals surface area contributed by atoms with Crippen LogP contribution in [0.1, 0.15) is 90.3 Å². The summed E-state index contributed by atoms with van der Waals surface area (Å²) < 4.78 is 225. The van der Waals surface area contributed by atoms with Gasteiger partial charge >= 0.3 is 49.0 Å². The minimum atomic E-state index is -4.91. The highest BCUT2D eigenvalue weighted by atomic mass is 19.4. The van der Waals surface area contributed by atoms with Crippen LogP contribution in [0.5, 0.6) is 28.7 Å². The summed E-state index contributed by atoms with van der Waals surface area (Å²) in [6.07, 6.45) is 4.42. The quantitative estimate of drug-likeness (QED) is 0.0195. The molecule has 2 saturated carbocycles. The van der Waals surface area contributed by atoms with Crippen molar-refractivity contribution in [1.29, 1.82) is 0 Å². The Morgan fingerprint density at radius 1 is 0.310 bits per heavy atom. The van der Waals surface area contributed by atoms with Gasteiger partial charge in [0.05, 0.1) is 29.3 Å². The molecular weight excluding hydrogens is 1890 g/mol. The van der Waals surface area contributed by atoms with Crippen molar-refractivity contribution in [3.63, 3.8) is 0 Å². The smallest absolute Gasteiger partial charge is 0.490 e. The molecule has 15 aromatic rings. The first-order valence-electron chi connectivity index (χ1n) is 42.3. The zero-order chi connectivity index (χ0) is 101. The molecule has 10 N–H and O–H groups in total. The molecule has 0 amide bonds. The number of alkyl halides is 8. The highest BCUT2D eigenvalue weighted by Gasteiger charge is 2.33. The van der Waals surface area contributed by atoms with Gasteiger partial charge in [-0.3, -0.25) is 0 Å². The largest absolute Gasteiger partial charge is 0.573 e. The van der Waals surface area contributed by atoms with Gasteiger partial charge in [0.1, 0.15) is 138 Å². The molecule has 0 aliphatic heterocycles. The summed E-state index contributed by atoms with van der Waals surface area (Å²) >= 11 is 0. The molecule has 5 heterocycles. The summed E-state index contributed by atoms with van der Waals surface area (Å²) in [4.78, 5) is 75.6. The molecule has 0 bridgehead atoms. The fourth-order valence-corrected chi connectivity index (χ4v) is 13.6. The molecule has 728 valence electrons. The number of carboxylic acids is 5. The van der Waals surface area contributed by atoms with E-state index in [1.165, 1.54) is 195 Å². The first-order chi connectivity index (χ1) is 67.9. The van der Waals surface area contributed by atoms with Crippen molar-refractivity contribution in [3.8, 4) is 84.4 Å². The van der Waals surface area contributed by atoms with Gasteiger partial charge in [0, 0.05) is 31.0 Å². The molecule has 40 heteroatoms. The van der Waals surface area contributed by atoms with Crippen LogP contribution >= 0.6 is 0 Å². The maximum Gasteiger partial charge on any atom is 0.573 e. The van der Waals surface area contributed by atoms with E-state index in [9.17, 15) is 100 Å². The molecule has 2 fully saturated rings. The SMILES string of the molecule is O=C(O)c1cccnc1Nc1c(F)cc(-c2cccc(OC(F)(F)F)c2)cc1F.O=C(O)c1cccnc1Nc1c(F)cc(-c2cccc(OC3CCC3)c2)cc1F.O=C(O)c1cccnc1Nc1ccc(-c2cccc(OC(F)F)c2)cc1F.O=C(O)c1cccnc1Nc1ccc(-c2cccc(OC3CCC3)c2)cc1F.O=C(O)c1cccnc1Nc1ccc(-c2cccc(OCC(F)(F)F)c2)cc1F. The highest BCUT2D eigenvalue weighted by molar-refractivity contribution is 5.97. The van der Waals surface area contributed by atoms with Gasteiger partial charge in [0.25, 0.3) is 0 Å². The number of aromatic nitrogens is 5. The average Bonchev–Trinajstić information content (AvgIpc) is 0.816. The van der Waals surface area contributed by atoms with Crippen molar-refractivity contribution >= 4 is 87.4 Å². The lowest BCUT2D eigenvalue weighted by Crippen LogP contribution is -2.24. The molecule has 0 radical (unpaired) electrons. The van der Waals surface area contributed by atoms with E-state index < -0.39 is 113 Å². The molecule has 25 nitrogen and oxygen atoms in total. The van der Waals surface area contributed by atoms with Crippen LogP contribution in [-0.2, 0) is 0 Å². The molecule has 2 aliphatic rings. The third-order valence-electron chi connectivity index (χ3n) is 20.8. The summed E-state index contributed by atoms with van der Waals surface area (Å²) in [6, 6.07) is 62.0. The number of hydrogen-bond donors (Lipinski definition) is 10. The molecule has 142 heavy (non-hydrogen) atoms. The number of pyridine rings is 5. The zero-order valence-electron chi connectivity index (χ0n) is 73.1. The number of carbonyl (C=O) groups is 5. The van der Waals surface area contributed by atoms with E-state index in [4.69, 9.17) is 29.5 Å². The number of halogens is 15. The van der Waals surface area contributed by atoms with E-state index in [-0.39, 0.29) is 109 Å². The van der Waals surface area contributed by atoms with E-state index in [1.54, 1.807) is 48.5 Å². The molecule has 17 rings (SSSR count). The Morgan fingerprint density at radius 3 is 0.852 bits per heavy atom. The predicted molar refractivity (Wildman–Crippen MR) is 493 cm³/mol. The number of aromatic carboxylic acids is 5. The summed E-state index contributed by atoms with van der Waals surface area (Å²) in [6.45, 7) is -4.38. The van der Waals surface area contributed by atoms with E-state index >= 15 is 0 Å². The highest BCUT2D eigenvalue weighted by Crippen LogP contribution is 2.40. The monoisotopic (exact) mass is 1960 g/mol. The second kappa shape index (κ2) is 46.4. The molecule has 10 aromatic carbocycles. The van der Waals surface area contributed by atoms with Gasteiger partial charge < -0.3 is 75.8 Å². The average molecular weight is 1970 g/mol. The zero-order valence-corrected chi connectivity index (χ0v) is 73.1. The molecule has 0 atom stereocenters. The van der Waals surface area contributed by atoms with Crippen molar-refractivity contribution in [1.82, 2.24) is 24.9 Å². The standard InChI is InChI=1S/C22H18F2N2O3.C22H19FN2O3.C20H14F4N2O3.C19H11F5N2O3.C19H13F3N2O3/c23-18-11-14(13-4-1-7-16(10-13)29-15-5-2-6-15)12-19(24)20(18)26-21-17(22(27)28)8-3-9-25-21;23-19-13-15(14-4-1-7-17(12-14)28-16-5-2-6-16)9-10-20(19)25-21-18(22(26)27)8-3-11-24-21;21-16-10-13(12-3-1-4-14(9-12)29-11-20(22,23)24)6-7-17(16)26-18-15(19(27)28)5-2-8-25-18;20-14-8-11(10-3-1-4-12(7-10)29-19(22,23)24)9-15(21)16(14)26-17-13(18(27)28)5-2-6-25-17;20-15-10-12(11-3-1-4-13(9-11)27-19(21)22)6-7-16(15)24-17-14(18(25)26)5-2-8-23-17/h1,3-4,7-12,15H,2,5-6H2,(H,25,26)(H,27,28);1,3-4,7-13,16H,2,5-6H2,(H,24,25)(H,26,27);1-10H,11H2,(H,25,26)(H,27,28);1-9H,(H,25,26)(H,27,28);1-10,19H,(H,23,24)(H,25,26). The third-order valence-corrected chi connectivity index (χ3v) is 20.8. The Kier molecular flexibility index (Phi) is 33.2. The summed E-state index contributed by atoms with van der Waals surface area (Å²) in [5.74, 6) is -11.3. The van der Waals surface area contributed by atoms with Crippen LogP contribution in [0.3, 0.4) is 0 Å². The molecule has 0 unspecified atom stereocenters. The lowest BCUT2D eigenvalue weighted by Gasteiger charge is -2.26. The van der Waals surface area contributed by atoms with E-state index in [0.717, 1.165) is 67.7 Å². The van der Waals surface area contributed by atoms with Crippen LogP contribution in [0.15, 0.2) is 292 Å². The fourth-order valence-electron chi connectivity index (χ4n) is 13.6. The number of ether oxygens (including phenoxy) is 5. The summed E-state index contributed by atoms with van der Waals surface area (Å²) in [7, 11) is 0. The van der Waals surface area contributed by atoms with E-state index in [0.29, 0.717) is 44.7 Å². The van der Waals surface area contributed by atoms with Gasteiger partial charge in [-0.25, -0.2) is 79.6 Å². The lowest BCUT2D eigenvalue weighted by molar-refractivity contribution is -0.274. The second-order valence-electron chi connectivity index (χ2n) is 30.7. The Bertz CT molecular complexity index is 7060. The normalized spacial score (nSPS) is 12.1. The van der Waals surface area contributed by atoms with Crippen molar-refractivity contribution in [2.45, 2.75) is 69.9 Å². The van der Waals surface area contributed by atoms with Crippen molar-refractivity contribution in [2.24, 2.45) is 0 Å². The van der Waals surface area contributed by atoms with Crippen LogP contribution in [0.2, 0.25) is 0 Å². The number of rotatable bonds is 29. The van der Waals surface area contributed by atoms with E-state index in [1.807, 2.05) is 30.3 Å². The topological polar surface area (TPSA) is 357 Å². The Labute approximate surface area is 795 Å². The molecule has 0 saturated heterocycles. The number of carboxylic acid groups (broad SMARTS) is 5. The van der Waals surface area contributed by atoms with Crippen LogP contribution in [0.25, 0.3) is 55.6 Å². The number of hydrogen-bond acceptors (Lipinski definition) is 20. The van der Waals surface area contributed by atoms with Crippen molar-refractivity contribution in [3.05, 3.63) is 360 Å². The van der Waals surface area contributed by atoms with Gasteiger partial charge in [-0.2, -0.15) is 22.0 Å². The number of nitrogens with zero attached hydrogens (tertiary/aromatic N) is 5. The maximum atomic E-state index is 14.7. The van der Waals surface area contributed by atoms with Crippen molar-refractivity contribution < 1.29 is 139 Å². The minimum Gasteiger partial charge on any atom is -0.490 e. The summed E-state index contributed by atoms with van der Waals surface area (Å²) in [5.41, 5.74) is 2.72. The Morgan fingerprint density at radius 2 is 0.570 bits per heavy atom. The fraction of sp³-hybridized carbons (Fsp3) is 0.118.